The predicted molar refractivity (Wildman–Crippen MR) is 69.4 cm³/mol. The van der Waals surface area contributed by atoms with Crippen molar-refractivity contribution in [2.24, 2.45) is 7.05 Å². The fourth-order valence-electron chi connectivity index (χ4n) is 2.32. The summed E-state index contributed by atoms with van der Waals surface area (Å²) in [6.07, 6.45) is 1.85. The Morgan fingerprint density at radius 2 is 2.33 bits per heavy atom. The van der Waals surface area contributed by atoms with E-state index in [9.17, 15) is 5.11 Å². The molecular formula is C13H23N3O2. The fourth-order valence-corrected chi connectivity index (χ4v) is 2.32. The van der Waals surface area contributed by atoms with Crippen LogP contribution in [0.1, 0.15) is 19.5 Å². The Balaban J connectivity index is 1.90. The summed E-state index contributed by atoms with van der Waals surface area (Å²) in [5.74, 6) is 0. The van der Waals surface area contributed by atoms with Crippen LogP contribution in [-0.4, -0.2) is 57.7 Å². The number of hydrogen-bond acceptors (Lipinski definition) is 4. The van der Waals surface area contributed by atoms with Crippen LogP contribution in [0.4, 0.5) is 0 Å². The Kier molecular flexibility index (Phi) is 4.37. The van der Waals surface area contributed by atoms with E-state index < -0.39 is 6.10 Å². The monoisotopic (exact) mass is 253 g/mol. The topological polar surface area (TPSA) is 50.5 Å². The summed E-state index contributed by atoms with van der Waals surface area (Å²) in [6.45, 7) is 6.79. The van der Waals surface area contributed by atoms with Gasteiger partial charge >= 0.3 is 0 Å². The maximum absolute atomic E-state index is 10.2. The second-order valence-electron chi connectivity index (χ2n) is 5.25. The van der Waals surface area contributed by atoms with Gasteiger partial charge in [-0.1, -0.05) is 0 Å². The van der Waals surface area contributed by atoms with E-state index in [0.29, 0.717) is 19.1 Å². The molecule has 0 radical (unpaired) electrons. The number of aromatic nitrogens is 2. The second kappa shape index (κ2) is 5.82. The first-order valence-electron chi connectivity index (χ1n) is 6.58. The third-order valence-corrected chi connectivity index (χ3v) is 3.47. The average Bonchev–Trinajstić information content (AvgIpc) is 2.75. The summed E-state index contributed by atoms with van der Waals surface area (Å²) >= 11 is 0. The summed E-state index contributed by atoms with van der Waals surface area (Å²) in [5.41, 5.74) is 0.912. The first-order valence-corrected chi connectivity index (χ1v) is 6.58. The molecule has 0 aromatic carbocycles. The number of ether oxygens (including phenoxy) is 1. The van der Waals surface area contributed by atoms with E-state index >= 15 is 0 Å². The van der Waals surface area contributed by atoms with Gasteiger partial charge in [0.15, 0.2) is 0 Å². The Bertz CT molecular complexity index is 378. The van der Waals surface area contributed by atoms with Gasteiger partial charge in [0.25, 0.3) is 0 Å². The largest absolute Gasteiger partial charge is 0.390 e. The van der Waals surface area contributed by atoms with Gasteiger partial charge in [-0.05, 0) is 19.9 Å². The predicted octanol–water partition coefficient (Wildman–Crippen LogP) is 0.433. The van der Waals surface area contributed by atoms with E-state index in [2.05, 4.69) is 23.8 Å². The lowest BCUT2D eigenvalue weighted by molar-refractivity contribution is -0.0943. The van der Waals surface area contributed by atoms with E-state index in [4.69, 9.17) is 4.74 Å². The van der Waals surface area contributed by atoms with Crippen molar-refractivity contribution >= 4 is 0 Å². The molecule has 2 atom stereocenters. The number of hydrogen-bond donors (Lipinski definition) is 1. The molecule has 5 nitrogen and oxygen atoms in total. The van der Waals surface area contributed by atoms with E-state index in [1.54, 1.807) is 4.68 Å². The first-order chi connectivity index (χ1) is 8.56. The third-order valence-electron chi connectivity index (χ3n) is 3.47. The van der Waals surface area contributed by atoms with Gasteiger partial charge in [0, 0.05) is 38.8 Å². The number of aryl methyl sites for hydroxylation is 1. The third kappa shape index (κ3) is 3.31. The van der Waals surface area contributed by atoms with Gasteiger partial charge in [-0.3, -0.25) is 9.58 Å². The van der Waals surface area contributed by atoms with Crippen LogP contribution < -0.4 is 0 Å². The maximum atomic E-state index is 10.2. The minimum Gasteiger partial charge on any atom is -0.390 e. The molecule has 5 heteroatoms. The van der Waals surface area contributed by atoms with Crippen molar-refractivity contribution in [1.82, 2.24) is 14.7 Å². The molecule has 1 fully saturated rings. The molecule has 1 aromatic rings. The van der Waals surface area contributed by atoms with Crippen LogP contribution >= 0.6 is 0 Å². The van der Waals surface area contributed by atoms with Gasteiger partial charge in [-0.25, -0.2) is 0 Å². The molecule has 2 heterocycles. The standard InChI is InChI=1S/C13H23N3O2/c1-10(2)16-6-7-18-13(9-16)12(17)8-11-4-5-15(3)14-11/h4-5,10,12-13,17H,6-9H2,1-3H3. The summed E-state index contributed by atoms with van der Waals surface area (Å²) in [7, 11) is 1.88. The lowest BCUT2D eigenvalue weighted by Gasteiger charge is -2.37. The minimum absolute atomic E-state index is 0.108. The molecule has 0 spiro atoms. The van der Waals surface area contributed by atoms with Gasteiger partial charge in [0.1, 0.15) is 0 Å². The molecule has 1 aromatic heterocycles. The van der Waals surface area contributed by atoms with Crippen LogP contribution in [-0.2, 0) is 18.2 Å². The molecule has 2 rings (SSSR count). The molecule has 2 unspecified atom stereocenters. The van der Waals surface area contributed by atoms with Gasteiger partial charge in [-0.2, -0.15) is 5.10 Å². The first kappa shape index (κ1) is 13.5. The highest BCUT2D eigenvalue weighted by molar-refractivity contribution is 5.01. The molecule has 1 aliphatic heterocycles. The number of rotatable bonds is 4. The Morgan fingerprint density at radius 3 is 2.94 bits per heavy atom. The maximum Gasteiger partial charge on any atom is 0.0965 e. The lowest BCUT2D eigenvalue weighted by Crippen LogP contribution is -2.50. The van der Waals surface area contributed by atoms with Crippen molar-refractivity contribution in [3.63, 3.8) is 0 Å². The Morgan fingerprint density at radius 1 is 1.56 bits per heavy atom. The van der Waals surface area contributed by atoms with Gasteiger partial charge in [0.05, 0.1) is 24.5 Å². The van der Waals surface area contributed by atoms with Crippen LogP contribution in [0.5, 0.6) is 0 Å². The zero-order valence-electron chi connectivity index (χ0n) is 11.4. The highest BCUT2D eigenvalue weighted by Crippen LogP contribution is 2.14. The summed E-state index contributed by atoms with van der Waals surface area (Å²) < 4.78 is 7.43. The molecule has 0 aliphatic carbocycles. The van der Waals surface area contributed by atoms with E-state index in [-0.39, 0.29) is 6.10 Å². The average molecular weight is 253 g/mol. The Labute approximate surface area is 108 Å². The van der Waals surface area contributed by atoms with Crippen LogP contribution in [0.3, 0.4) is 0 Å². The SMILES string of the molecule is CC(C)N1CCOC(C(O)Cc2ccn(C)n2)C1. The van der Waals surface area contributed by atoms with E-state index in [1.165, 1.54) is 0 Å². The van der Waals surface area contributed by atoms with Gasteiger partial charge in [0.2, 0.25) is 0 Å². The smallest absolute Gasteiger partial charge is 0.0965 e. The van der Waals surface area contributed by atoms with Crippen molar-refractivity contribution in [2.75, 3.05) is 19.7 Å². The molecular weight excluding hydrogens is 230 g/mol. The van der Waals surface area contributed by atoms with Crippen LogP contribution in [0, 0.1) is 0 Å². The number of nitrogens with zero attached hydrogens (tertiary/aromatic N) is 3. The summed E-state index contributed by atoms with van der Waals surface area (Å²) in [4.78, 5) is 2.34. The highest BCUT2D eigenvalue weighted by atomic mass is 16.5. The highest BCUT2D eigenvalue weighted by Gasteiger charge is 2.28. The number of aliphatic hydroxyl groups is 1. The van der Waals surface area contributed by atoms with E-state index in [1.807, 2.05) is 19.3 Å². The second-order valence-corrected chi connectivity index (χ2v) is 5.25. The summed E-state index contributed by atoms with van der Waals surface area (Å²) in [6, 6.07) is 2.44. The van der Waals surface area contributed by atoms with Crippen molar-refractivity contribution in [3.05, 3.63) is 18.0 Å². The zero-order chi connectivity index (χ0) is 13.1. The van der Waals surface area contributed by atoms with Crippen molar-refractivity contribution < 1.29 is 9.84 Å². The summed E-state index contributed by atoms with van der Waals surface area (Å²) in [5, 5.41) is 14.5. The molecule has 1 N–H and O–H groups in total. The molecule has 0 bridgehead atoms. The molecule has 102 valence electrons. The zero-order valence-corrected chi connectivity index (χ0v) is 11.4. The quantitative estimate of drug-likeness (QED) is 0.845. The number of morpholine rings is 1. The van der Waals surface area contributed by atoms with Crippen LogP contribution in [0.2, 0.25) is 0 Å². The van der Waals surface area contributed by atoms with Crippen LogP contribution in [0.15, 0.2) is 12.3 Å². The normalized spacial score (nSPS) is 23.5. The van der Waals surface area contributed by atoms with Gasteiger partial charge in [-0.15, -0.1) is 0 Å². The minimum atomic E-state index is -0.485. The molecule has 0 saturated carbocycles. The van der Waals surface area contributed by atoms with Crippen molar-refractivity contribution in [1.29, 1.82) is 0 Å². The Hall–Kier alpha value is -0.910. The molecule has 18 heavy (non-hydrogen) atoms. The number of aliphatic hydroxyl groups excluding tert-OH is 1. The molecule has 1 aliphatic rings. The van der Waals surface area contributed by atoms with Crippen molar-refractivity contribution in [3.8, 4) is 0 Å². The fraction of sp³-hybridized carbons (Fsp3) is 0.769. The van der Waals surface area contributed by atoms with E-state index in [0.717, 1.165) is 18.8 Å². The van der Waals surface area contributed by atoms with Gasteiger partial charge < -0.3 is 9.84 Å². The molecule has 0 amide bonds. The lowest BCUT2D eigenvalue weighted by atomic mass is 10.1. The van der Waals surface area contributed by atoms with Crippen molar-refractivity contribution in [2.45, 2.75) is 38.5 Å². The molecule has 1 saturated heterocycles. The van der Waals surface area contributed by atoms with Crippen LogP contribution in [0.25, 0.3) is 0 Å².